The summed E-state index contributed by atoms with van der Waals surface area (Å²) in [5.41, 5.74) is 0. The second-order valence-electron chi connectivity index (χ2n) is 4.05. The summed E-state index contributed by atoms with van der Waals surface area (Å²) >= 11 is 0. The lowest BCUT2D eigenvalue weighted by molar-refractivity contribution is -0.246. The monoisotopic (exact) mass is 232 g/mol. The number of hydrogen-bond acceptors (Lipinski definition) is 0. The van der Waals surface area contributed by atoms with Crippen molar-refractivity contribution in [1.29, 1.82) is 0 Å². The molecule has 94 valence electrons. The van der Waals surface area contributed by atoms with Crippen LogP contribution in [-0.2, 0) is 4.37 Å². The van der Waals surface area contributed by atoms with E-state index in [0.717, 1.165) is 0 Å². The summed E-state index contributed by atoms with van der Waals surface area (Å²) in [5.74, 6) is 0. The Morgan fingerprint density at radius 1 is 0.667 bits per heavy atom. The summed E-state index contributed by atoms with van der Waals surface area (Å²) in [7, 11) is -6.00. The molecule has 6 heteroatoms. The Balaban J connectivity index is 0. The molecule has 15 heavy (non-hydrogen) atoms. The largest absolute Gasteiger partial charge is 0.673 e. The first-order valence-electron chi connectivity index (χ1n) is 5.04. The van der Waals surface area contributed by atoms with Gasteiger partial charge in [0.2, 0.25) is 0 Å². The van der Waals surface area contributed by atoms with E-state index >= 15 is 0 Å². The Morgan fingerprint density at radius 3 is 0.800 bits per heavy atom. The van der Waals surface area contributed by atoms with Gasteiger partial charge in [0.05, 0.1) is 0 Å². The molecule has 0 aromatic rings. The lowest BCUT2D eigenvalue weighted by atomic mass is 10.3. The summed E-state index contributed by atoms with van der Waals surface area (Å²) in [6, 6.07) is 0. The van der Waals surface area contributed by atoms with Crippen LogP contribution in [0.4, 0.5) is 17.3 Å². The third-order valence-electron chi connectivity index (χ3n) is 1.63. The van der Waals surface area contributed by atoms with Gasteiger partial charge in [-0.1, -0.05) is 0 Å². The lowest BCUT2D eigenvalue weighted by Crippen LogP contribution is -2.33. The van der Waals surface area contributed by atoms with Crippen molar-refractivity contribution in [1.82, 2.24) is 0 Å². The van der Waals surface area contributed by atoms with E-state index in [1.54, 1.807) is 0 Å². The first kappa shape index (κ1) is 17.1. The zero-order valence-electron chi connectivity index (χ0n) is 10.2. The Morgan fingerprint density at radius 2 is 0.800 bits per heavy atom. The van der Waals surface area contributed by atoms with Gasteiger partial charge in [-0.25, -0.2) is 0 Å². The van der Waals surface area contributed by atoms with Gasteiger partial charge in [0.1, 0.15) is 18.3 Å². The smallest absolute Gasteiger partial charge is 0.418 e. The highest BCUT2D eigenvalue weighted by molar-refractivity contribution is 6.50. The van der Waals surface area contributed by atoms with E-state index < -0.39 is 7.25 Å². The molecule has 1 nitrogen and oxygen atoms in total. The van der Waals surface area contributed by atoms with Gasteiger partial charge >= 0.3 is 7.25 Å². The molecule has 0 unspecified atom stereocenters. The van der Waals surface area contributed by atoms with Gasteiger partial charge in [-0.2, -0.15) is 0 Å². The van der Waals surface area contributed by atoms with Crippen LogP contribution in [0.2, 0.25) is 0 Å². The molecule has 0 N–H and O–H groups in total. The Labute approximate surface area is 89.6 Å². The third kappa shape index (κ3) is 13.7. The average molecular weight is 232 g/mol. The minimum atomic E-state index is -6.00. The molecular weight excluding hydrogens is 211 g/mol. The fourth-order valence-corrected chi connectivity index (χ4v) is 1.63. The van der Waals surface area contributed by atoms with Crippen LogP contribution in [0.3, 0.4) is 0 Å². The minimum Gasteiger partial charge on any atom is -0.418 e. The zero-order valence-corrected chi connectivity index (χ0v) is 10.2. The van der Waals surface area contributed by atoms with Gasteiger partial charge in [-0.05, 0) is 0 Å². The van der Waals surface area contributed by atoms with Crippen LogP contribution in [0.5, 0.6) is 0 Å². The van der Waals surface area contributed by atoms with E-state index in [2.05, 4.69) is 45.9 Å². The molecule has 0 saturated carbocycles. The van der Waals surface area contributed by atoms with Crippen molar-refractivity contribution in [3.8, 4) is 0 Å². The number of hydrogen-bond donors (Lipinski definition) is 0. The van der Waals surface area contributed by atoms with Gasteiger partial charge in [0.25, 0.3) is 0 Å². The maximum absolute atomic E-state index is 9.75. The SMILES string of the molecule is CC(C)[O+](C(C)C)C(C)C.F[B-](F)(F)F. The molecule has 0 atom stereocenters. The summed E-state index contributed by atoms with van der Waals surface area (Å²) in [5, 5.41) is 0. The molecule has 0 aliphatic heterocycles. The molecule has 0 spiro atoms. The van der Waals surface area contributed by atoms with Crippen molar-refractivity contribution in [3.05, 3.63) is 0 Å². The number of halogens is 4. The Kier molecular flexibility index (Phi) is 8.11. The first-order chi connectivity index (χ1) is 6.46. The van der Waals surface area contributed by atoms with Crippen molar-refractivity contribution in [2.24, 2.45) is 0 Å². The molecule has 0 bridgehead atoms. The average Bonchev–Trinajstić information content (AvgIpc) is 1.77. The van der Waals surface area contributed by atoms with E-state index in [4.69, 9.17) is 0 Å². The minimum absolute atomic E-state index is 0.583. The highest BCUT2D eigenvalue weighted by Gasteiger charge is 2.21. The van der Waals surface area contributed by atoms with Crippen LogP contribution in [-0.4, -0.2) is 25.6 Å². The van der Waals surface area contributed by atoms with Gasteiger partial charge < -0.3 is 21.6 Å². The molecule has 0 radical (unpaired) electrons. The second-order valence-corrected chi connectivity index (χ2v) is 4.05. The molecule has 0 aliphatic carbocycles. The standard InChI is InChI=1S/C9H21O.BF4/c1-7(2)10(8(3)4)9(5)6;2-1(3,4)5/h7-9H,1-6H3;/q+1;-1. The van der Waals surface area contributed by atoms with Crippen molar-refractivity contribution < 1.29 is 21.6 Å². The predicted octanol–water partition coefficient (Wildman–Crippen LogP) is 4.06. The summed E-state index contributed by atoms with van der Waals surface area (Å²) in [6.45, 7) is 13.3. The van der Waals surface area contributed by atoms with E-state index in [0.29, 0.717) is 18.3 Å². The molecule has 0 fully saturated rings. The number of rotatable bonds is 3. The van der Waals surface area contributed by atoms with Crippen molar-refractivity contribution in [2.45, 2.75) is 59.9 Å². The lowest BCUT2D eigenvalue weighted by Gasteiger charge is -2.30. The molecule has 0 aromatic heterocycles. The second kappa shape index (κ2) is 7.09. The predicted molar refractivity (Wildman–Crippen MR) is 56.7 cm³/mol. The van der Waals surface area contributed by atoms with Crippen LogP contribution in [0.1, 0.15) is 41.5 Å². The van der Waals surface area contributed by atoms with Crippen LogP contribution >= 0.6 is 0 Å². The third-order valence-corrected chi connectivity index (χ3v) is 1.63. The molecular formula is C9H21BF4O. The van der Waals surface area contributed by atoms with Crippen molar-refractivity contribution in [3.63, 3.8) is 0 Å². The highest BCUT2D eigenvalue weighted by Crippen LogP contribution is 2.15. The fraction of sp³-hybridized carbons (Fsp3) is 1.00. The topological polar surface area (TPSA) is 2.70 Å². The molecule has 0 aromatic carbocycles. The van der Waals surface area contributed by atoms with Gasteiger partial charge in [-0.15, -0.1) is 0 Å². The van der Waals surface area contributed by atoms with Gasteiger partial charge in [0.15, 0.2) is 0 Å². The maximum atomic E-state index is 9.75. The van der Waals surface area contributed by atoms with E-state index in [1.165, 1.54) is 0 Å². The van der Waals surface area contributed by atoms with Crippen molar-refractivity contribution in [2.75, 3.05) is 0 Å². The zero-order chi connectivity index (χ0) is 12.8. The fourth-order valence-electron chi connectivity index (χ4n) is 1.63. The molecule has 0 amide bonds. The van der Waals surface area contributed by atoms with E-state index in [9.17, 15) is 17.3 Å². The van der Waals surface area contributed by atoms with Crippen LogP contribution < -0.4 is 0 Å². The Hall–Kier alpha value is -0.255. The Bertz CT molecular complexity index is 132. The van der Waals surface area contributed by atoms with Gasteiger partial charge in [-0.3, -0.25) is 0 Å². The van der Waals surface area contributed by atoms with E-state index in [1.807, 2.05) is 0 Å². The molecule has 0 aliphatic rings. The molecule has 0 saturated heterocycles. The van der Waals surface area contributed by atoms with Crippen LogP contribution in [0.25, 0.3) is 0 Å². The van der Waals surface area contributed by atoms with Crippen molar-refractivity contribution >= 4 is 7.25 Å². The highest BCUT2D eigenvalue weighted by atomic mass is 19.5. The summed E-state index contributed by atoms with van der Waals surface area (Å²) < 4.78 is 42.3. The first-order valence-corrected chi connectivity index (χ1v) is 5.04. The van der Waals surface area contributed by atoms with E-state index in [-0.39, 0.29) is 0 Å². The normalized spacial score (nSPS) is 12.4. The maximum Gasteiger partial charge on any atom is 0.673 e. The van der Waals surface area contributed by atoms with Crippen LogP contribution in [0.15, 0.2) is 0 Å². The molecule has 0 heterocycles. The van der Waals surface area contributed by atoms with Crippen LogP contribution in [0, 0.1) is 0 Å². The molecule has 0 rings (SSSR count). The quantitative estimate of drug-likeness (QED) is 0.392. The summed E-state index contributed by atoms with van der Waals surface area (Å²) in [6.07, 6.45) is 1.75. The van der Waals surface area contributed by atoms with Gasteiger partial charge in [0, 0.05) is 41.5 Å². The summed E-state index contributed by atoms with van der Waals surface area (Å²) in [4.78, 5) is 0.